The van der Waals surface area contributed by atoms with Crippen LogP contribution in [0, 0.1) is 5.41 Å². The van der Waals surface area contributed by atoms with E-state index in [9.17, 15) is 4.79 Å². The number of hydrogen-bond donors (Lipinski definition) is 2. The molecular weight excluding hydrogens is 372 g/mol. The zero-order chi connectivity index (χ0) is 20.6. The molecule has 1 aromatic carbocycles. The molecule has 0 aromatic heterocycles. The molecule has 0 radical (unpaired) electrons. The van der Waals surface area contributed by atoms with Crippen molar-refractivity contribution in [3.8, 4) is 0 Å². The molecule has 28 heavy (non-hydrogen) atoms. The first kappa shape index (κ1) is 20.0. The quantitative estimate of drug-likeness (QED) is 0.726. The minimum Gasteiger partial charge on any atom is -0.383 e. The fraction of sp³-hybridized carbons (Fsp3) is 0.273. The van der Waals surface area contributed by atoms with E-state index >= 15 is 0 Å². The third kappa shape index (κ3) is 3.27. The number of carbonyl (C=O) groups excluding carboxylic acids is 1. The predicted octanol–water partition coefficient (Wildman–Crippen LogP) is 4.37. The van der Waals surface area contributed by atoms with Gasteiger partial charge in [0.1, 0.15) is 5.70 Å². The number of nitrogens with one attached hydrogen (secondary N) is 2. The Morgan fingerprint density at radius 3 is 2.50 bits per heavy atom. The summed E-state index contributed by atoms with van der Waals surface area (Å²) < 4.78 is 0. The van der Waals surface area contributed by atoms with Crippen LogP contribution in [-0.2, 0) is 4.79 Å². The third-order valence-electron chi connectivity index (χ3n) is 5.20. The Kier molecular flexibility index (Phi) is 5.47. The fourth-order valence-corrected chi connectivity index (χ4v) is 3.75. The van der Waals surface area contributed by atoms with Gasteiger partial charge >= 0.3 is 0 Å². The topological polar surface area (TPSA) is 59.4 Å². The Labute approximate surface area is 171 Å². The molecule has 2 aliphatic heterocycles. The number of amides is 1. The number of nitrogens with zero attached hydrogens (tertiary/aromatic N) is 2. The number of halogens is 1. The minimum atomic E-state index is -0.394. The zero-order valence-corrected chi connectivity index (χ0v) is 17.4. The van der Waals surface area contributed by atoms with Gasteiger partial charge in [-0.25, -0.2) is 0 Å². The summed E-state index contributed by atoms with van der Waals surface area (Å²) in [7, 11) is 3.64. The van der Waals surface area contributed by atoms with Gasteiger partial charge in [0.05, 0.1) is 11.7 Å². The highest BCUT2D eigenvalue weighted by molar-refractivity contribution is 6.30. The first-order chi connectivity index (χ1) is 13.3. The van der Waals surface area contributed by atoms with Crippen LogP contribution in [0.2, 0.25) is 5.02 Å². The summed E-state index contributed by atoms with van der Waals surface area (Å²) in [4.78, 5) is 17.1. The Hall–Kier alpha value is -2.79. The minimum absolute atomic E-state index is 0.146. The fourth-order valence-electron chi connectivity index (χ4n) is 3.62. The number of carbonyl (C=O) groups is 1. The molecule has 2 heterocycles. The van der Waals surface area contributed by atoms with Gasteiger partial charge < -0.3 is 15.6 Å². The van der Waals surface area contributed by atoms with Crippen molar-refractivity contribution in [1.29, 1.82) is 5.41 Å². The van der Waals surface area contributed by atoms with Crippen LogP contribution in [0.4, 0.5) is 0 Å². The van der Waals surface area contributed by atoms with E-state index in [4.69, 9.17) is 17.0 Å². The Balaban J connectivity index is 2.20. The highest BCUT2D eigenvalue weighted by Crippen LogP contribution is 2.42. The van der Waals surface area contributed by atoms with Crippen LogP contribution in [-0.4, -0.2) is 35.5 Å². The zero-order valence-electron chi connectivity index (χ0n) is 16.6. The lowest BCUT2D eigenvalue weighted by Crippen LogP contribution is -2.33. The summed E-state index contributed by atoms with van der Waals surface area (Å²) in [6, 6.07) is 7.06. The van der Waals surface area contributed by atoms with Gasteiger partial charge in [0.15, 0.2) is 0 Å². The number of rotatable bonds is 5. The molecule has 146 valence electrons. The molecule has 0 bridgehead atoms. The van der Waals surface area contributed by atoms with E-state index in [1.165, 1.54) is 0 Å². The summed E-state index contributed by atoms with van der Waals surface area (Å²) in [5.41, 5.74) is 5.17. The first-order valence-electron chi connectivity index (χ1n) is 9.21. The lowest BCUT2D eigenvalue weighted by atomic mass is 9.93. The van der Waals surface area contributed by atoms with Crippen molar-refractivity contribution < 1.29 is 4.79 Å². The lowest BCUT2D eigenvalue weighted by Gasteiger charge is -2.33. The highest BCUT2D eigenvalue weighted by atomic mass is 35.5. The third-order valence-corrected chi connectivity index (χ3v) is 5.45. The summed E-state index contributed by atoms with van der Waals surface area (Å²) >= 11 is 6.08. The van der Waals surface area contributed by atoms with Gasteiger partial charge in [-0.15, -0.1) is 0 Å². The molecule has 0 spiro atoms. The summed E-state index contributed by atoms with van der Waals surface area (Å²) in [5, 5.41) is 12.2. The second kappa shape index (κ2) is 7.68. The van der Waals surface area contributed by atoms with E-state index in [2.05, 4.69) is 11.9 Å². The van der Waals surface area contributed by atoms with Crippen LogP contribution >= 0.6 is 11.6 Å². The second-order valence-electron chi connectivity index (χ2n) is 6.94. The van der Waals surface area contributed by atoms with E-state index in [1.807, 2.05) is 62.3 Å². The van der Waals surface area contributed by atoms with Gasteiger partial charge in [-0.1, -0.05) is 37.2 Å². The van der Waals surface area contributed by atoms with Gasteiger partial charge in [0.2, 0.25) is 0 Å². The van der Waals surface area contributed by atoms with Crippen LogP contribution in [0.5, 0.6) is 0 Å². The van der Waals surface area contributed by atoms with Crippen molar-refractivity contribution in [2.45, 2.75) is 26.3 Å². The number of hydrogen-bond acceptors (Lipinski definition) is 4. The van der Waals surface area contributed by atoms with Crippen LogP contribution in [0.1, 0.15) is 31.9 Å². The van der Waals surface area contributed by atoms with Crippen molar-refractivity contribution in [3.63, 3.8) is 0 Å². The molecule has 2 N–H and O–H groups in total. The van der Waals surface area contributed by atoms with Crippen LogP contribution in [0.25, 0.3) is 0 Å². The van der Waals surface area contributed by atoms with Gasteiger partial charge in [-0.2, -0.15) is 0 Å². The summed E-state index contributed by atoms with van der Waals surface area (Å²) in [6.45, 7) is 7.97. The lowest BCUT2D eigenvalue weighted by molar-refractivity contribution is -0.125. The van der Waals surface area contributed by atoms with Crippen molar-refractivity contribution in [3.05, 3.63) is 81.9 Å². The maximum absolute atomic E-state index is 13.4. The Morgan fingerprint density at radius 1 is 1.32 bits per heavy atom. The molecule has 1 amide bonds. The van der Waals surface area contributed by atoms with Gasteiger partial charge in [-0.05, 0) is 42.7 Å². The molecule has 1 atom stereocenters. The summed E-state index contributed by atoms with van der Waals surface area (Å²) in [6.07, 6.45) is 4.41. The summed E-state index contributed by atoms with van der Waals surface area (Å²) in [5.74, 6) is -0.146. The van der Waals surface area contributed by atoms with Gasteiger partial charge in [0.25, 0.3) is 5.91 Å². The van der Waals surface area contributed by atoms with E-state index in [0.29, 0.717) is 28.4 Å². The van der Waals surface area contributed by atoms with Crippen LogP contribution in [0.3, 0.4) is 0 Å². The second-order valence-corrected chi connectivity index (χ2v) is 7.38. The average Bonchev–Trinajstić information content (AvgIpc) is 2.97. The van der Waals surface area contributed by atoms with E-state index in [0.717, 1.165) is 22.5 Å². The molecule has 1 aromatic rings. The molecule has 1 unspecified atom stereocenters. The molecule has 5 nitrogen and oxygen atoms in total. The smallest absolute Gasteiger partial charge is 0.275 e. The van der Waals surface area contributed by atoms with Crippen molar-refractivity contribution in [2.24, 2.45) is 0 Å². The standard InChI is InChI=1S/C22H25ClN4O/c1-6-18(24)19-20(25-4)22(28)27(17-11-13(2)14(3)26(5)12-17)21(19)15-7-9-16(23)10-8-15/h7-12,21,24-25H,3,6H2,1-2,4-5H3. The number of likely N-dealkylation sites (N-methyl/N-ethyl adjacent to an activating group) is 2. The number of allylic oxidation sites excluding steroid dienone is 2. The SMILES string of the molecule is C=C1C(C)=CC(N2C(=O)C(NC)=C(C(=N)CC)C2c2ccc(Cl)cc2)=CN1C. The van der Waals surface area contributed by atoms with Gasteiger partial charge in [0, 0.05) is 42.3 Å². The largest absolute Gasteiger partial charge is 0.383 e. The van der Waals surface area contributed by atoms with Crippen molar-refractivity contribution in [2.75, 3.05) is 14.1 Å². The first-order valence-corrected chi connectivity index (χ1v) is 9.58. The van der Waals surface area contributed by atoms with Crippen molar-refractivity contribution in [1.82, 2.24) is 15.1 Å². The average molecular weight is 397 g/mol. The normalized spacial score (nSPS) is 19.8. The number of benzene rings is 1. The highest BCUT2D eigenvalue weighted by Gasteiger charge is 2.43. The Morgan fingerprint density at radius 2 is 1.96 bits per heavy atom. The van der Waals surface area contributed by atoms with E-state index in [1.54, 1.807) is 11.9 Å². The predicted molar refractivity (Wildman–Crippen MR) is 114 cm³/mol. The molecule has 2 aliphatic rings. The Bertz CT molecular complexity index is 940. The van der Waals surface area contributed by atoms with E-state index in [-0.39, 0.29) is 5.91 Å². The van der Waals surface area contributed by atoms with Crippen LogP contribution in [0.15, 0.2) is 71.4 Å². The van der Waals surface area contributed by atoms with E-state index < -0.39 is 6.04 Å². The molecule has 3 rings (SSSR count). The molecule has 6 heteroatoms. The molecular formula is C22H25ClN4O. The monoisotopic (exact) mass is 396 g/mol. The molecule has 0 fully saturated rings. The van der Waals surface area contributed by atoms with Crippen LogP contribution < -0.4 is 5.32 Å². The van der Waals surface area contributed by atoms with Crippen molar-refractivity contribution >= 4 is 23.2 Å². The molecule has 0 saturated heterocycles. The van der Waals surface area contributed by atoms with Gasteiger partial charge in [-0.3, -0.25) is 9.69 Å². The maximum atomic E-state index is 13.4. The molecule has 0 saturated carbocycles. The molecule has 0 aliphatic carbocycles. The maximum Gasteiger partial charge on any atom is 0.275 e.